The molecule has 0 spiro atoms. The zero-order chi connectivity index (χ0) is 23.6. The maximum atomic E-state index is 13.6. The Labute approximate surface area is 201 Å². The smallest absolute Gasteiger partial charge is 0.274 e. The lowest BCUT2D eigenvalue weighted by Crippen LogP contribution is -2.29. The summed E-state index contributed by atoms with van der Waals surface area (Å²) in [6.07, 6.45) is 5.27. The Kier molecular flexibility index (Phi) is 5.00. The van der Waals surface area contributed by atoms with E-state index in [2.05, 4.69) is 9.97 Å². The van der Waals surface area contributed by atoms with Crippen LogP contribution in [-0.4, -0.2) is 38.0 Å². The van der Waals surface area contributed by atoms with Gasteiger partial charge in [0.15, 0.2) is 0 Å². The van der Waals surface area contributed by atoms with Gasteiger partial charge in [-0.1, -0.05) is 11.6 Å². The number of carbonyl (C=O) groups excluding carboxylic acids is 1. The van der Waals surface area contributed by atoms with Crippen molar-refractivity contribution in [2.75, 3.05) is 11.4 Å². The Morgan fingerprint density at radius 1 is 1.15 bits per heavy atom. The predicted molar refractivity (Wildman–Crippen MR) is 132 cm³/mol. The molecule has 1 amide bonds. The molecule has 34 heavy (non-hydrogen) atoms. The summed E-state index contributed by atoms with van der Waals surface area (Å²) in [5.74, 6) is 0.945. The summed E-state index contributed by atoms with van der Waals surface area (Å²) in [6, 6.07) is 9.36. The molecule has 0 unspecified atom stereocenters. The van der Waals surface area contributed by atoms with E-state index in [-0.39, 0.29) is 23.5 Å². The van der Waals surface area contributed by atoms with Crippen molar-refractivity contribution in [3.05, 3.63) is 74.4 Å². The van der Waals surface area contributed by atoms with Gasteiger partial charge in [-0.2, -0.15) is 0 Å². The number of aryl methyl sites for hydroxylation is 1. The van der Waals surface area contributed by atoms with Gasteiger partial charge in [0.05, 0.1) is 23.3 Å². The maximum absolute atomic E-state index is 13.6. The van der Waals surface area contributed by atoms with Gasteiger partial charge >= 0.3 is 0 Å². The Bertz CT molecular complexity index is 1510. The second-order valence-corrected chi connectivity index (χ2v) is 9.90. The SMILES string of the molecule is Cc1cc2c(cc1C(=O)N1CCc3cc(Cl)ccc31)[nH]c(=O)c1cnc([C@H]3CC[C@@H](O)CC3)n12. The molecule has 1 fully saturated rings. The summed E-state index contributed by atoms with van der Waals surface area (Å²) in [6.45, 7) is 2.52. The Balaban J connectivity index is 1.46. The Morgan fingerprint density at radius 2 is 1.94 bits per heavy atom. The molecular formula is C26H25ClN4O3. The van der Waals surface area contributed by atoms with Crippen molar-refractivity contribution in [3.63, 3.8) is 0 Å². The highest BCUT2D eigenvalue weighted by molar-refractivity contribution is 6.30. The monoisotopic (exact) mass is 476 g/mol. The van der Waals surface area contributed by atoms with Crippen LogP contribution >= 0.6 is 11.6 Å². The van der Waals surface area contributed by atoms with Crippen molar-refractivity contribution in [2.45, 2.75) is 51.0 Å². The highest BCUT2D eigenvalue weighted by atomic mass is 35.5. The standard InChI is InChI=1S/C26H25ClN4O3/c1-14-10-22-20(12-19(14)26(34)30-9-8-16-11-17(27)4-7-21(16)30)29-25(33)23-13-28-24(31(22)23)15-2-5-18(32)6-3-15/h4,7,10-13,15,18,32H,2-3,5-6,8-9H2,1H3,(H,29,33)/t15-,18+. The van der Waals surface area contributed by atoms with Gasteiger partial charge in [-0.05, 0) is 80.5 Å². The number of aromatic nitrogens is 3. The van der Waals surface area contributed by atoms with Crippen LogP contribution in [0.1, 0.15) is 58.9 Å². The molecule has 174 valence electrons. The van der Waals surface area contributed by atoms with Gasteiger partial charge in [0.2, 0.25) is 0 Å². The topological polar surface area (TPSA) is 90.7 Å². The fourth-order valence-corrected chi connectivity index (χ4v) is 5.72. The van der Waals surface area contributed by atoms with E-state index >= 15 is 0 Å². The van der Waals surface area contributed by atoms with Crippen molar-refractivity contribution < 1.29 is 9.90 Å². The van der Waals surface area contributed by atoms with Crippen molar-refractivity contribution in [2.24, 2.45) is 0 Å². The molecule has 0 saturated heterocycles. The summed E-state index contributed by atoms with van der Waals surface area (Å²) >= 11 is 6.13. The predicted octanol–water partition coefficient (Wildman–Crippen LogP) is 4.36. The summed E-state index contributed by atoms with van der Waals surface area (Å²) in [4.78, 5) is 35.8. The first-order valence-corrected chi connectivity index (χ1v) is 12.1. The first-order chi connectivity index (χ1) is 16.4. The summed E-state index contributed by atoms with van der Waals surface area (Å²) < 4.78 is 1.94. The molecule has 2 aromatic heterocycles. The maximum Gasteiger partial charge on any atom is 0.274 e. The molecule has 2 aromatic carbocycles. The lowest BCUT2D eigenvalue weighted by atomic mass is 9.87. The molecule has 0 radical (unpaired) electrons. The van der Waals surface area contributed by atoms with Crippen LogP contribution in [-0.2, 0) is 6.42 Å². The van der Waals surface area contributed by atoms with E-state index in [0.717, 1.165) is 60.3 Å². The Hall–Kier alpha value is -3.16. The van der Waals surface area contributed by atoms with Gasteiger partial charge in [0.25, 0.3) is 11.5 Å². The number of fused-ring (bicyclic) bond motifs is 4. The van der Waals surface area contributed by atoms with E-state index in [1.54, 1.807) is 23.2 Å². The second kappa shape index (κ2) is 7.96. The number of anilines is 1. The summed E-state index contributed by atoms with van der Waals surface area (Å²) in [5, 5.41) is 10.6. The largest absolute Gasteiger partial charge is 0.393 e. The molecule has 1 saturated carbocycles. The molecular weight excluding hydrogens is 452 g/mol. The lowest BCUT2D eigenvalue weighted by molar-refractivity contribution is 0.0989. The highest BCUT2D eigenvalue weighted by Crippen LogP contribution is 2.35. The number of hydrogen-bond acceptors (Lipinski definition) is 4. The lowest BCUT2D eigenvalue weighted by Gasteiger charge is -2.25. The minimum atomic E-state index is -0.259. The third kappa shape index (κ3) is 3.34. The normalized spacial score (nSPS) is 20.3. The number of aliphatic hydroxyl groups is 1. The number of halogens is 1. The third-order valence-electron chi connectivity index (χ3n) is 7.33. The van der Waals surface area contributed by atoms with Gasteiger partial charge in [-0.15, -0.1) is 0 Å². The molecule has 3 heterocycles. The second-order valence-electron chi connectivity index (χ2n) is 9.46. The number of aliphatic hydroxyl groups excluding tert-OH is 1. The Morgan fingerprint density at radius 3 is 2.74 bits per heavy atom. The number of benzene rings is 2. The first kappa shape index (κ1) is 21.4. The van der Waals surface area contributed by atoms with Crippen LogP contribution in [0.15, 0.2) is 41.3 Å². The zero-order valence-electron chi connectivity index (χ0n) is 18.8. The van der Waals surface area contributed by atoms with Crippen LogP contribution in [0.5, 0.6) is 0 Å². The van der Waals surface area contributed by atoms with Crippen molar-refractivity contribution in [1.82, 2.24) is 14.4 Å². The van der Waals surface area contributed by atoms with Crippen molar-refractivity contribution in [1.29, 1.82) is 0 Å². The van der Waals surface area contributed by atoms with E-state index in [4.69, 9.17) is 11.6 Å². The van der Waals surface area contributed by atoms with Gasteiger partial charge < -0.3 is 15.0 Å². The van der Waals surface area contributed by atoms with Crippen LogP contribution in [0.4, 0.5) is 5.69 Å². The van der Waals surface area contributed by atoms with Gasteiger partial charge in [-0.3, -0.25) is 14.0 Å². The van der Waals surface area contributed by atoms with Gasteiger partial charge in [0.1, 0.15) is 11.3 Å². The van der Waals surface area contributed by atoms with Crippen LogP contribution in [0.3, 0.4) is 0 Å². The zero-order valence-corrected chi connectivity index (χ0v) is 19.6. The molecule has 0 bridgehead atoms. The number of H-pyrrole nitrogens is 1. The fourth-order valence-electron chi connectivity index (χ4n) is 5.52. The van der Waals surface area contributed by atoms with Crippen molar-refractivity contribution >= 4 is 39.7 Å². The number of imidazole rings is 1. The number of nitrogens with zero attached hydrogens (tertiary/aromatic N) is 3. The van der Waals surface area contributed by atoms with Gasteiger partial charge in [0, 0.05) is 28.7 Å². The number of carbonyl (C=O) groups is 1. The molecule has 1 aliphatic carbocycles. The van der Waals surface area contributed by atoms with E-state index in [1.807, 2.05) is 29.5 Å². The van der Waals surface area contributed by atoms with E-state index < -0.39 is 0 Å². The molecule has 8 heteroatoms. The highest BCUT2D eigenvalue weighted by Gasteiger charge is 2.28. The fraction of sp³-hybridized carbons (Fsp3) is 0.346. The summed E-state index contributed by atoms with van der Waals surface area (Å²) in [5.41, 5.74) is 5.06. The van der Waals surface area contributed by atoms with Crippen LogP contribution in [0.2, 0.25) is 5.02 Å². The third-order valence-corrected chi connectivity index (χ3v) is 7.56. The molecule has 0 atom stereocenters. The molecule has 7 nitrogen and oxygen atoms in total. The minimum absolute atomic E-state index is 0.0893. The van der Waals surface area contributed by atoms with Crippen molar-refractivity contribution in [3.8, 4) is 0 Å². The summed E-state index contributed by atoms with van der Waals surface area (Å²) in [7, 11) is 0. The average molecular weight is 477 g/mol. The molecule has 2 N–H and O–H groups in total. The number of nitrogens with one attached hydrogen (secondary N) is 1. The van der Waals surface area contributed by atoms with Crippen LogP contribution in [0, 0.1) is 6.92 Å². The minimum Gasteiger partial charge on any atom is -0.393 e. The number of rotatable bonds is 2. The van der Waals surface area contributed by atoms with Crippen LogP contribution < -0.4 is 10.5 Å². The number of aromatic amines is 1. The van der Waals surface area contributed by atoms with Gasteiger partial charge in [-0.25, -0.2) is 4.98 Å². The molecule has 4 aromatic rings. The number of hydrogen-bond donors (Lipinski definition) is 2. The van der Waals surface area contributed by atoms with E-state index in [9.17, 15) is 14.7 Å². The quantitative estimate of drug-likeness (QED) is 0.449. The average Bonchev–Trinajstić information content (AvgIpc) is 3.44. The molecule has 2 aliphatic rings. The number of amides is 1. The first-order valence-electron chi connectivity index (χ1n) is 11.7. The van der Waals surface area contributed by atoms with E-state index in [0.29, 0.717) is 28.2 Å². The van der Waals surface area contributed by atoms with E-state index in [1.165, 1.54) is 0 Å². The van der Waals surface area contributed by atoms with Crippen LogP contribution in [0.25, 0.3) is 16.6 Å². The molecule has 6 rings (SSSR count). The molecule has 1 aliphatic heterocycles.